The van der Waals surface area contributed by atoms with Crippen LogP contribution in [-0.4, -0.2) is 22.9 Å². The van der Waals surface area contributed by atoms with Crippen molar-refractivity contribution < 1.29 is 9.59 Å². The molecule has 0 aromatic heterocycles. The van der Waals surface area contributed by atoms with E-state index in [4.69, 9.17) is 0 Å². The highest BCUT2D eigenvalue weighted by Gasteiger charge is 2.55. The highest BCUT2D eigenvalue weighted by Crippen LogP contribution is 2.50. The van der Waals surface area contributed by atoms with Crippen molar-refractivity contribution in [2.45, 2.75) is 38.3 Å². The van der Waals surface area contributed by atoms with Gasteiger partial charge in [0, 0.05) is 16.8 Å². The summed E-state index contributed by atoms with van der Waals surface area (Å²) >= 11 is 0. The molecule has 1 heterocycles. The summed E-state index contributed by atoms with van der Waals surface area (Å²) < 4.78 is 0. The lowest BCUT2D eigenvalue weighted by Crippen LogP contribution is -2.47. The molecule has 0 fully saturated rings. The Morgan fingerprint density at radius 3 is 2.60 bits per heavy atom. The van der Waals surface area contributed by atoms with Gasteiger partial charge in [-0.25, -0.2) is 0 Å². The summed E-state index contributed by atoms with van der Waals surface area (Å²) in [5.74, 6) is -0.207. The van der Waals surface area contributed by atoms with Crippen molar-refractivity contribution in [2.24, 2.45) is 5.92 Å². The molecule has 1 N–H and O–H groups in total. The second-order valence-electron chi connectivity index (χ2n) is 7.98. The molecule has 2 aliphatic carbocycles. The minimum atomic E-state index is -0.539. The molecule has 1 aromatic carbocycles. The van der Waals surface area contributed by atoms with E-state index in [2.05, 4.69) is 23.5 Å². The molecule has 3 aliphatic rings. The van der Waals surface area contributed by atoms with Crippen LogP contribution in [0.25, 0.3) is 0 Å². The van der Waals surface area contributed by atoms with Gasteiger partial charge < -0.3 is 5.32 Å². The van der Waals surface area contributed by atoms with E-state index in [0.717, 1.165) is 17.7 Å². The standard InChI is InChI=1S/C21H22N2O2/c1-20(2,3)22-18(24)17-16-10-9-14-11-12-21(16,13-14)23(19(17)25)15-7-5-4-6-8-15/h4-12,14H,13H2,1-3H3,(H,22,24)/t14-,21-/m1/s1. The fourth-order valence-electron chi connectivity index (χ4n) is 4.02. The van der Waals surface area contributed by atoms with Crippen molar-refractivity contribution in [3.8, 4) is 0 Å². The third-order valence-corrected chi connectivity index (χ3v) is 4.96. The highest BCUT2D eigenvalue weighted by atomic mass is 16.2. The van der Waals surface area contributed by atoms with Gasteiger partial charge in [-0.15, -0.1) is 0 Å². The maximum Gasteiger partial charge on any atom is 0.265 e. The van der Waals surface area contributed by atoms with E-state index in [0.29, 0.717) is 5.92 Å². The van der Waals surface area contributed by atoms with Gasteiger partial charge in [-0.05, 0) is 45.2 Å². The molecule has 0 saturated heterocycles. The molecule has 25 heavy (non-hydrogen) atoms. The first-order chi connectivity index (χ1) is 11.8. The number of hydrogen-bond donors (Lipinski definition) is 1. The summed E-state index contributed by atoms with van der Waals surface area (Å²) in [4.78, 5) is 28.0. The second-order valence-corrected chi connectivity index (χ2v) is 7.98. The summed E-state index contributed by atoms with van der Waals surface area (Å²) in [7, 11) is 0. The first-order valence-corrected chi connectivity index (χ1v) is 8.66. The number of nitrogens with zero attached hydrogens (tertiary/aromatic N) is 1. The van der Waals surface area contributed by atoms with Crippen molar-refractivity contribution >= 4 is 17.5 Å². The molecule has 0 saturated carbocycles. The van der Waals surface area contributed by atoms with Crippen molar-refractivity contribution in [3.63, 3.8) is 0 Å². The van der Waals surface area contributed by atoms with Gasteiger partial charge in [0.15, 0.2) is 0 Å². The van der Waals surface area contributed by atoms with Crippen LogP contribution in [0.15, 0.2) is 65.8 Å². The lowest BCUT2D eigenvalue weighted by atomic mass is 9.81. The normalized spacial score (nSPS) is 27.1. The van der Waals surface area contributed by atoms with Crippen LogP contribution in [0.3, 0.4) is 0 Å². The molecule has 1 spiro atoms. The van der Waals surface area contributed by atoms with Crippen LogP contribution in [-0.2, 0) is 9.59 Å². The average Bonchev–Trinajstić information content (AvgIpc) is 3.00. The van der Waals surface area contributed by atoms with Gasteiger partial charge >= 0.3 is 0 Å². The van der Waals surface area contributed by atoms with Crippen LogP contribution in [0.4, 0.5) is 5.69 Å². The van der Waals surface area contributed by atoms with Gasteiger partial charge in [0.1, 0.15) is 5.57 Å². The summed E-state index contributed by atoms with van der Waals surface area (Å²) in [5, 5.41) is 2.95. The third kappa shape index (κ3) is 2.36. The van der Waals surface area contributed by atoms with Gasteiger partial charge in [0.25, 0.3) is 11.8 Å². The first-order valence-electron chi connectivity index (χ1n) is 8.66. The molecular formula is C21H22N2O2. The number of hydrogen-bond acceptors (Lipinski definition) is 2. The number of carbonyl (C=O) groups excluding carboxylic acids is 2. The molecule has 1 aromatic rings. The van der Waals surface area contributed by atoms with E-state index in [1.54, 1.807) is 4.90 Å². The Morgan fingerprint density at radius 2 is 1.92 bits per heavy atom. The zero-order valence-corrected chi connectivity index (χ0v) is 14.7. The Labute approximate surface area is 147 Å². The Bertz CT molecular complexity index is 842. The van der Waals surface area contributed by atoms with Crippen LogP contribution in [0.1, 0.15) is 27.2 Å². The second kappa shape index (κ2) is 5.19. The largest absolute Gasteiger partial charge is 0.347 e. The zero-order valence-electron chi connectivity index (χ0n) is 14.7. The predicted molar refractivity (Wildman–Crippen MR) is 98.0 cm³/mol. The molecule has 128 valence electrons. The van der Waals surface area contributed by atoms with E-state index in [1.807, 2.05) is 57.2 Å². The van der Waals surface area contributed by atoms with E-state index in [1.165, 1.54) is 0 Å². The zero-order chi connectivity index (χ0) is 17.8. The molecule has 4 nitrogen and oxygen atoms in total. The van der Waals surface area contributed by atoms with Crippen LogP contribution in [0.5, 0.6) is 0 Å². The maximum absolute atomic E-state index is 13.3. The van der Waals surface area contributed by atoms with Crippen molar-refractivity contribution in [3.05, 3.63) is 65.8 Å². The first kappa shape index (κ1) is 15.9. The topological polar surface area (TPSA) is 49.4 Å². The minimum absolute atomic E-state index is 0.222. The Kier molecular flexibility index (Phi) is 3.29. The van der Waals surface area contributed by atoms with Gasteiger partial charge in [-0.3, -0.25) is 14.5 Å². The lowest BCUT2D eigenvalue weighted by Gasteiger charge is -2.37. The molecule has 4 heteroatoms. The Hall–Kier alpha value is -2.62. The van der Waals surface area contributed by atoms with Gasteiger partial charge in [0.05, 0.1) is 5.54 Å². The number of nitrogens with one attached hydrogen (secondary N) is 1. The summed E-state index contributed by atoms with van der Waals surface area (Å²) in [6.45, 7) is 5.76. The van der Waals surface area contributed by atoms with Crippen molar-refractivity contribution in [1.29, 1.82) is 0 Å². The van der Waals surface area contributed by atoms with E-state index in [9.17, 15) is 9.59 Å². The van der Waals surface area contributed by atoms with Crippen LogP contribution < -0.4 is 10.2 Å². The lowest BCUT2D eigenvalue weighted by molar-refractivity contribution is -0.122. The van der Waals surface area contributed by atoms with Gasteiger partial charge in [-0.2, -0.15) is 0 Å². The number of rotatable bonds is 2. The molecular weight excluding hydrogens is 312 g/mol. The van der Waals surface area contributed by atoms with Crippen LogP contribution >= 0.6 is 0 Å². The van der Waals surface area contributed by atoms with Gasteiger partial charge in [-0.1, -0.05) is 42.5 Å². The fourth-order valence-corrected chi connectivity index (χ4v) is 4.02. The van der Waals surface area contributed by atoms with Crippen molar-refractivity contribution in [2.75, 3.05) is 4.90 Å². The molecule has 2 amide bonds. The molecule has 2 bridgehead atoms. The third-order valence-electron chi connectivity index (χ3n) is 4.96. The fraction of sp³-hybridized carbons (Fsp3) is 0.333. The van der Waals surface area contributed by atoms with Crippen LogP contribution in [0, 0.1) is 5.92 Å². The molecule has 1 aliphatic heterocycles. The van der Waals surface area contributed by atoms with Gasteiger partial charge in [0.2, 0.25) is 0 Å². The Balaban J connectivity index is 1.86. The highest BCUT2D eigenvalue weighted by molar-refractivity contribution is 6.28. The van der Waals surface area contributed by atoms with E-state index < -0.39 is 11.1 Å². The number of amides is 2. The van der Waals surface area contributed by atoms with E-state index >= 15 is 0 Å². The SMILES string of the molecule is CC(C)(C)NC(=O)C1=C2C=C[C@@H]3C=C[C@]2(C3)N(c2ccccc2)C1=O. The summed E-state index contributed by atoms with van der Waals surface area (Å²) in [6.07, 6.45) is 9.08. The monoisotopic (exact) mass is 334 g/mol. The summed E-state index contributed by atoms with van der Waals surface area (Å²) in [6, 6.07) is 9.61. The molecule has 2 atom stereocenters. The maximum atomic E-state index is 13.3. The number of fused-ring (bicyclic) bond motifs is 1. The Morgan fingerprint density at radius 1 is 1.20 bits per heavy atom. The number of para-hydroxylation sites is 1. The predicted octanol–water partition coefficient (Wildman–Crippen LogP) is 3.13. The number of allylic oxidation sites excluding steroid dienone is 2. The quantitative estimate of drug-likeness (QED) is 0.667. The number of anilines is 1. The number of benzene rings is 1. The summed E-state index contributed by atoms with van der Waals surface area (Å²) in [5.41, 5.74) is 0.963. The smallest absolute Gasteiger partial charge is 0.265 e. The van der Waals surface area contributed by atoms with Crippen molar-refractivity contribution in [1.82, 2.24) is 5.32 Å². The molecule has 4 rings (SSSR count). The minimum Gasteiger partial charge on any atom is -0.347 e. The molecule has 0 radical (unpaired) electrons. The number of carbonyl (C=O) groups is 2. The average molecular weight is 334 g/mol. The van der Waals surface area contributed by atoms with Crippen LogP contribution in [0.2, 0.25) is 0 Å². The van der Waals surface area contributed by atoms with E-state index in [-0.39, 0.29) is 17.4 Å². The molecule has 0 unspecified atom stereocenters.